The fraction of sp³-hybridized carbons (Fsp3) is 0.286. The predicted molar refractivity (Wildman–Crippen MR) is 74.8 cm³/mol. The smallest absolute Gasteiger partial charge is 0.227 e. The summed E-state index contributed by atoms with van der Waals surface area (Å²) in [7, 11) is 0. The van der Waals surface area contributed by atoms with Crippen LogP contribution in [-0.2, 0) is 4.79 Å². The van der Waals surface area contributed by atoms with Gasteiger partial charge in [0.2, 0.25) is 5.91 Å². The first-order valence-electron chi connectivity index (χ1n) is 5.76. The molecule has 1 fully saturated rings. The first kappa shape index (κ1) is 13.0. The lowest BCUT2D eigenvalue weighted by atomic mass is 10.1. The van der Waals surface area contributed by atoms with Crippen LogP contribution in [0, 0.1) is 5.92 Å². The van der Waals surface area contributed by atoms with Crippen LogP contribution in [0.1, 0.15) is 23.7 Å². The molecular weight excluding hydrogens is 294 g/mol. The van der Waals surface area contributed by atoms with Gasteiger partial charge in [0.1, 0.15) is 0 Å². The van der Waals surface area contributed by atoms with Crippen LogP contribution in [0.5, 0.6) is 0 Å². The number of amides is 1. The van der Waals surface area contributed by atoms with E-state index >= 15 is 0 Å². The Morgan fingerprint density at radius 1 is 1.56 bits per heavy atom. The summed E-state index contributed by atoms with van der Waals surface area (Å²) in [5.41, 5.74) is 1.38. The van der Waals surface area contributed by atoms with Gasteiger partial charge in [0.05, 0.1) is 5.69 Å². The minimum absolute atomic E-state index is 0.00401. The van der Waals surface area contributed by atoms with Gasteiger partial charge < -0.3 is 4.90 Å². The Bertz CT molecular complexity index is 525. The fourth-order valence-corrected chi connectivity index (χ4v) is 2.53. The molecule has 18 heavy (non-hydrogen) atoms. The van der Waals surface area contributed by atoms with Crippen molar-refractivity contribution in [3.05, 3.63) is 40.9 Å². The zero-order chi connectivity index (χ0) is 13.3. The van der Waals surface area contributed by atoms with Crippen molar-refractivity contribution in [1.82, 2.24) is 0 Å². The molecule has 1 atom stereocenters. The van der Waals surface area contributed by atoms with Gasteiger partial charge in [0.25, 0.3) is 0 Å². The van der Waals surface area contributed by atoms with Crippen molar-refractivity contribution in [2.75, 3.05) is 11.4 Å². The lowest BCUT2D eigenvalue weighted by molar-refractivity contribution is -0.117. The highest BCUT2D eigenvalue weighted by atomic mass is 79.9. The average molecular weight is 308 g/mol. The number of halogens is 1. The molecule has 0 spiro atoms. The number of hydrogen-bond acceptors (Lipinski definition) is 2. The van der Waals surface area contributed by atoms with E-state index in [1.807, 2.05) is 0 Å². The molecule has 1 aromatic rings. The molecule has 3 nitrogen and oxygen atoms in total. The first-order chi connectivity index (χ1) is 8.52. The summed E-state index contributed by atoms with van der Waals surface area (Å²) >= 11 is 3.43. The summed E-state index contributed by atoms with van der Waals surface area (Å²) in [6.45, 7) is 5.88. The van der Waals surface area contributed by atoms with E-state index in [4.69, 9.17) is 0 Å². The van der Waals surface area contributed by atoms with Crippen molar-refractivity contribution < 1.29 is 9.59 Å². The minimum atomic E-state index is -0.00401. The Hall–Kier alpha value is -1.42. The molecule has 0 aliphatic carbocycles. The molecule has 1 aliphatic heterocycles. The van der Waals surface area contributed by atoms with E-state index in [-0.39, 0.29) is 17.6 Å². The van der Waals surface area contributed by atoms with Crippen LogP contribution in [0.15, 0.2) is 35.3 Å². The lowest BCUT2D eigenvalue weighted by Gasteiger charge is -2.18. The van der Waals surface area contributed by atoms with Crippen molar-refractivity contribution in [3.63, 3.8) is 0 Å². The van der Waals surface area contributed by atoms with Crippen molar-refractivity contribution in [2.45, 2.75) is 13.3 Å². The quantitative estimate of drug-likeness (QED) is 0.635. The van der Waals surface area contributed by atoms with Crippen LogP contribution in [0.2, 0.25) is 0 Å². The second-order valence-corrected chi connectivity index (χ2v) is 5.28. The maximum atomic E-state index is 11.9. The molecule has 0 radical (unpaired) electrons. The predicted octanol–water partition coefficient (Wildman–Crippen LogP) is 3.19. The van der Waals surface area contributed by atoms with Gasteiger partial charge in [-0.3, -0.25) is 9.59 Å². The summed E-state index contributed by atoms with van der Waals surface area (Å²) in [5.74, 6) is 0.252. The van der Waals surface area contributed by atoms with E-state index in [2.05, 4.69) is 22.5 Å². The van der Waals surface area contributed by atoms with E-state index in [1.54, 1.807) is 29.2 Å². The molecule has 2 rings (SSSR count). The Labute approximate surface area is 115 Å². The van der Waals surface area contributed by atoms with Crippen LogP contribution in [0.25, 0.3) is 0 Å². The Morgan fingerprint density at radius 3 is 2.83 bits per heavy atom. The Morgan fingerprint density at radius 2 is 2.28 bits per heavy atom. The number of hydrogen-bond donors (Lipinski definition) is 0. The third-order valence-electron chi connectivity index (χ3n) is 3.13. The standard InChI is InChI=1S/C14H14BrNO2/c1-3-10-6-14(18)16(8-10)13-7-11(9(2)17)4-5-12(13)15/h3-5,7,10H,1,6,8H2,2H3. The zero-order valence-electron chi connectivity index (χ0n) is 10.1. The number of ketones is 1. The summed E-state index contributed by atoms with van der Waals surface area (Å²) in [6, 6.07) is 5.32. The van der Waals surface area contributed by atoms with Gasteiger partial charge in [0.15, 0.2) is 5.78 Å². The molecule has 94 valence electrons. The molecule has 1 aliphatic rings. The SMILES string of the molecule is C=CC1CC(=O)N(c2cc(C(C)=O)ccc2Br)C1. The monoisotopic (exact) mass is 307 g/mol. The highest BCUT2D eigenvalue weighted by molar-refractivity contribution is 9.10. The number of carbonyl (C=O) groups excluding carboxylic acids is 2. The molecule has 1 amide bonds. The third kappa shape index (κ3) is 2.38. The molecule has 1 unspecified atom stereocenters. The van der Waals surface area contributed by atoms with Crippen molar-refractivity contribution in [2.24, 2.45) is 5.92 Å². The van der Waals surface area contributed by atoms with Crippen LogP contribution in [0.4, 0.5) is 5.69 Å². The molecule has 0 saturated carbocycles. The second-order valence-electron chi connectivity index (χ2n) is 4.43. The molecule has 1 saturated heterocycles. The summed E-state index contributed by atoms with van der Waals surface area (Å²) in [5, 5.41) is 0. The Balaban J connectivity index is 2.38. The molecular formula is C14H14BrNO2. The van der Waals surface area contributed by atoms with Gasteiger partial charge in [-0.2, -0.15) is 0 Å². The third-order valence-corrected chi connectivity index (χ3v) is 3.80. The van der Waals surface area contributed by atoms with Gasteiger partial charge >= 0.3 is 0 Å². The maximum absolute atomic E-state index is 11.9. The van der Waals surface area contributed by atoms with E-state index in [0.717, 1.165) is 10.2 Å². The maximum Gasteiger partial charge on any atom is 0.227 e. The number of Topliss-reactive ketones (excluding diaryl/α,β-unsaturated/α-hetero) is 1. The molecule has 1 aromatic carbocycles. The van der Waals surface area contributed by atoms with Crippen molar-refractivity contribution >= 4 is 33.3 Å². The van der Waals surface area contributed by atoms with E-state index in [9.17, 15) is 9.59 Å². The van der Waals surface area contributed by atoms with E-state index in [0.29, 0.717) is 18.5 Å². The number of rotatable bonds is 3. The molecule has 0 aromatic heterocycles. The zero-order valence-corrected chi connectivity index (χ0v) is 11.7. The van der Waals surface area contributed by atoms with Gasteiger partial charge in [-0.15, -0.1) is 6.58 Å². The number of anilines is 1. The van der Waals surface area contributed by atoms with Crippen LogP contribution < -0.4 is 4.90 Å². The van der Waals surface area contributed by atoms with Gasteiger partial charge in [-0.1, -0.05) is 12.1 Å². The van der Waals surface area contributed by atoms with Crippen LogP contribution in [-0.4, -0.2) is 18.2 Å². The molecule has 4 heteroatoms. The fourth-order valence-electron chi connectivity index (χ4n) is 2.06. The number of nitrogens with zero attached hydrogens (tertiary/aromatic N) is 1. The van der Waals surface area contributed by atoms with Crippen LogP contribution >= 0.6 is 15.9 Å². The Kier molecular flexibility index (Phi) is 3.66. The second kappa shape index (κ2) is 5.06. The highest BCUT2D eigenvalue weighted by Gasteiger charge is 2.30. The highest BCUT2D eigenvalue weighted by Crippen LogP contribution is 2.32. The minimum Gasteiger partial charge on any atom is -0.311 e. The van der Waals surface area contributed by atoms with Crippen molar-refractivity contribution in [1.29, 1.82) is 0 Å². The number of benzene rings is 1. The lowest BCUT2D eigenvalue weighted by Crippen LogP contribution is -2.25. The van der Waals surface area contributed by atoms with E-state index in [1.165, 1.54) is 6.92 Å². The topological polar surface area (TPSA) is 37.4 Å². The number of carbonyl (C=O) groups is 2. The van der Waals surface area contributed by atoms with E-state index < -0.39 is 0 Å². The summed E-state index contributed by atoms with van der Waals surface area (Å²) in [6.07, 6.45) is 2.29. The first-order valence-corrected chi connectivity index (χ1v) is 6.55. The normalized spacial score (nSPS) is 19.1. The van der Waals surface area contributed by atoms with Gasteiger partial charge in [-0.25, -0.2) is 0 Å². The molecule has 0 bridgehead atoms. The summed E-state index contributed by atoms with van der Waals surface area (Å²) < 4.78 is 0.825. The molecule has 1 heterocycles. The van der Waals surface area contributed by atoms with Crippen LogP contribution in [0.3, 0.4) is 0 Å². The average Bonchev–Trinajstić information content (AvgIpc) is 2.71. The molecule has 0 N–H and O–H groups in total. The summed E-state index contributed by atoms with van der Waals surface area (Å²) in [4.78, 5) is 25.1. The van der Waals surface area contributed by atoms with Gasteiger partial charge in [-0.05, 0) is 35.0 Å². The van der Waals surface area contributed by atoms with Crippen molar-refractivity contribution in [3.8, 4) is 0 Å². The largest absolute Gasteiger partial charge is 0.311 e. The van der Waals surface area contributed by atoms with Gasteiger partial charge in [0, 0.05) is 28.9 Å².